The Kier molecular flexibility index (Phi) is 7.06. The van der Waals surface area contributed by atoms with E-state index in [4.69, 9.17) is 4.74 Å². The van der Waals surface area contributed by atoms with Crippen molar-refractivity contribution in [2.45, 2.75) is 57.8 Å². The minimum absolute atomic E-state index is 0.300. The number of hydrogen-bond donors (Lipinski definition) is 0. The van der Waals surface area contributed by atoms with Crippen LogP contribution in [0.4, 0.5) is 4.39 Å². The van der Waals surface area contributed by atoms with Gasteiger partial charge in [-0.2, -0.15) is 0 Å². The summed E-state index contributed by atoms with van der Waals surface area (Å²) in [5.74, 6) is 2.14. The van der Waals surface area contributed by atoms with Crippen LogP contribution in [-0.2, 0) is 0 Å². The second-order valence-electron chi connectivity index (χ2n) is 8.97. The second kappa shape index (κ2) is 10.1. The van der Waals surface area contributed by atoms with Crippen molar-refractivity contribution in [3.05, 3.63) is 89.7 Å². The van der Waals surface area contributed by atoms with E-state index in [-0.39, 0.29) is 5.82 Å². The van der Waals surface area contributed by atoms with Crippen molar-refractivity contribution in [1.82, 2.24) is 0 Å². The first kappa shape index (κ1) is 21.6. The fraction of sp³-hybridized carbons (Fsp3) is 0.379. The molecule has 3 aromatic rings. The number of hydrogen-bond acceptors (Lipinski definition) is 1. The van der Waals surface area contributed by atoms with Crippen LogP contribution in [0.25, 0.3) is 11.1 Å². The summed E-state index contributed by atoms with van der Waals surface area (Å²) in [6, 6.07) is 24.9. The Balaban J connectivity index is 1.34. The minimum Gasteiger partial charge on any atom is -0.491 e. The SMILES string of the molecule is CCOc1ccc(-c2ccc(C3CCC(C[C@H](C)c4ccccc4)CC3)cc2)cc1F. The highest BCUT2D eigenvalue weighted by atomic mass is 19.1. The van der Waals surface area contributed by atoms with Gasteiger partial charge in [0.2, 0.25) is 0 Å². The summed E-state index contributed by atoms with van der Waals surface area (Å²) in [6.07, 6.45) is 6.45. The molecule has 0 heterocycles. The number of benzene rings is 3. The molecule has 1 aliphatic carbocycles. The molecule has 0 saturated heterocycles. The molecule has 0 radical (unpaired) electrons. The van der Waals surface area contributed by atoms with Gasteiger partial charge < -0.3 is 4.74 Å². The van der Waals surface area contributed by atoms with Gasteiger partial charge >= 0.3 is 0 Å². The topological polar surface area (TPSA) is 9.23 Å². The van der Waals surface area contributed by atoms with E-state index in [1.54, 1.807) is 12.1 Å². The fourth-order valence-corrected chi connectivity index (χ4v) is 5.05. The molecule has 0 N–H and O–H groups in total. The van der Waals surface area contributed by atoms with Gasteiger partial charge in [0.15, 0.2) is 11.6 Å². The Hall–Kier alpha value is -2.61. The molecule has 1 fully saturated rings. The van der Waals surface area contributed by atoms with Crippen molar-refractivity contribution in [3.8, 4) is 16.9 Å². The molecule has 0 aliphatic heterocycles. The number of rotatable bonds is 7. The first-order valence-electron chi connectivity index (χ1n) is 11.7. The lowest BCUT2D eigenvalue weighted by Crippen LogP contribution is -2.15. The van der Waals surface area contributed by atoms with Crippen molar-refractivity contribution >= 4 is 0 Å². The van der Waals surface area contributed by atoms with Gasteiger partial charge in [0, 0.05) is 0 Å². The summed E-state index contributed by atoms with van der Waals surface area (Å²) in [6.45, 7) is 4.70. The summed E-state index contributed by atoms with van der Waals surface area (Å²) < 4.78 is 19.5. The molecule has 0 aromatic heterocycles. The predicted molar refractivity (Wildman–Crippen MR) is 127 cm³/mol. The summed E-state index contributed by atoms with van der Waals surface area (Å²) in [4.78, 5) is 0. The lowest BCUT2D eigenvalue weighted by molar-refractivity contribution is 0.297. The van der Waals surface area contributed by atoms with Crippen LogP contribution in [0.2, 0.25) is 0 Å². The smallest absolute Gasteiger partial charge is 0.165 e. The third-order valence-corrected chi connectivity index (χ3v) is 6.85. The molecule has 1 aliphatic rings. The van der Waals surface area contributed by atoms with Crippen LogP contribution in [0.5, 0.6) is 5.75 Å². The molecule has 4 rings (SSSR count). The van der Waals surface area contributed by atoms with E-state index in [1.807, 2.05) is 13.0 Å². The molecule has 31 heavy (non-hydrogen) atoms. The van der Waals surface area contributed by atoms with Crippen molar-refractivity contribution < 1.29 is 9.13 Å². The third kappa shape index (κ3) is 5.36. The Bertz CT molecular complexity index is 956. The van der Waals surface area contributed by atoms with E-state index in [9.17, 15) is 4.39 Å². The largest absolute Gasteiger partial charge is 0.491 e. The Morgan fingerprint density at radius 2 is 1.55 bits per heavy atom. The zero-order chi connectivity index (χ0) is 21.6. The van der Waals surface area contributed by atoms with Crippen LogP contribution < -0.4 is 4.74 Å². The highest BCUT2D eigenvalue weighted by Gasteiger charge is 2.24. The highest BCUT2D eigenvalue weighted by Crippen LogP contribution is 2.40. The van der Waals surface area contributed by atoms with Crippen LogP contribution in [0.1, 0.15) is 68.9 Å². The molecular formula is C29H33FO. The molecule has 0 bridgehead atoms. The predicted octanol–water partition coefficient (Wildman–Crippen LogP) is 8.36. The molecule has 0 amide bonds. The zero-order valence-corrected chi connectivity index (χ0v) is 18.7. The molecule has 1 nitrogen and oxygen atoms in total. The average molecular weight is 417 g/mol. The monoisotopic (exact) mass is 416 g/mol. The average Bonchev–Trinajstić information content (AvgIpc) is 2.82. The Morgan fingerprint density at radius 3 is 2.19 bits per heavy atom. The molecule has 1 saturated carbocycles. The van der Waals surface area contributed by atoms with E-state index in [0.717, 1.165) is 17.0 Å². The summed E-state index contributed by atoms with van der Waals surface area (Å²) in [5, 5.41) is 0. The summed E-state index contributed by atoms with van der Waals surface area (Å²) in [5.41, 5.74) is 4.83. The van der Waals surface area contributed by atoms with Crippen LogP contribution >= 0.6 is 0 Å². The van der Waals surface area contributed by atoms with E-state index < -0.39 is 0 Å². The quantitative estimate of drug-likeness (QED) is 0.376. The minimum atomic E-state index is -0.300. The Morgan fingerprint density at radius 1 is 0.871 bits per heavy atom. The molecule has 0 unspecified atom stereocenters. The van der Waals surface area contributed by atoms with Crippen LogP contribution in [-0.4, -0.2) is 6.61 Å². The van der Waals surface area contributed by atoms with Gasteiger partial charge in [0.1, 0.15) is 0 Å². The van der Waals surface area contributed by atoms with Crippen LogP contribution in [0.15, 0.2) is 72.8 Å². The van der Waals surface area contributed by atoms with E-state index in [1.165, 1.54) is 43.2 Å². The molecule has 3 aromatic carbocycles. The fourth-order valence-electron chi connectivity index (χ4n) is 5.05. The highest BCUT2D eigenvalue weighted by molar-refractivity contribution is 5.64. The molecular weight excluding hydrogens is 383 g/mol. The number of ether oxygens (including phenoxy) is 1. The lowest BCUT2D eigenvalue weighted by atomic mass is 9.75. The maximum Gasteiger partial charge on any atom is 0.165 e. The molecule has 162 valence electrons. The molecule has 2 heteroatoms. The van der Waals surface area contributed by atoms with Crippen molar-refractivity contribution in [2.75, 3.05) is 6.61 Å². The van der Waals surface area contributed by atoms with Crippen molar-refractivity contribution in [3.63, 3.8) is 0 Å². The molecule has 0 spiro atoms. The first-order chi connectivity index (χ1) is 15.1. The van der Waals surface area contributed by atoms with Crippen LogP contribution in [0.3, 0.4) is 0 Å². The maximum atomic E-state index is 14.2. The van der Waals surface area contributed by atoms with Gasteiger partial charge in [-0.15, -0.1) is 0 Å². The van der Waals surface area contributed by atoms with Gasteiger partial charge in [-0.25, -0.2) is 4.39 Å². The number of halogens is 1. The van der Waals surface area contributed by atoms with Gasteiger partial charge in [0.05, 0.1) is 6.61 Å². The standard InChI is InChI=1S/C29H33FO/c1-3-31-29-18-17-27(20-28(29)30)26-15-13-25(14-16-26)24-11-9-22(10-12-24)19-21(2)23-7-5-4-6-8-23/h4-8,13-18,20-22,24H,3,9-12,19H2,1-2H3/t21-,22?,24?/m0/s1. The van der Waals surface area contributed by atoms with Crippen molar-refractivity contribution in [2.24, 2.45) is 5.92 Å². The Labute approximate surface area is 186 Å². The summed E-state index contributed by atoms with van der Waals surface area (Å²) in [7, 11) is 0. The van der Waals surface area contributed by atoms with Gasteiger partial charge in [-0.05, 0) is 91.2 Å². The summed E-state index contributed by atoms with van der Waals surface area (Å²) >= 11 is 0. The normalized spacial score (nSPS) is 19.7. The lowest BCUT2D eigenvalue weighted by Gasteiger charge is -2.30. The van der Waals surface area contributed by atoms with Gasteiger partial charge in [0.25, 0.3) is 0 Å². The van der Waals surface area contributed by atoms with E-state index >= 15 is 0 Å². The van der Waals surface area contributed by atoms with Gasteiger partial charge in [-0.1, -0.05) is 67.6 Å². The van der Waals surface area contributed by atoms with E-state index in [0.29, 0.717) is 24.2 Å². The van der Waals surface area contributed by atoms with Crippen LogP contribution in [0, 0.1) is 11.7 Å². The zero-order valence-electron chi connectivity index (χ0n) is 18.7. The first-order valence-corrected chi connectivity index (χ1v) is 11.7. The van der Waals surface area contributed by atoms with E-state index in [2.05, 4.69) is 61.5 Å². The van der Waals surface area contributed by atoms with Gasteiger partial charge in [-0.3, -0.25) is 0 Å². The van der Waals surface area contributed by atoms with Crippen molar-refractivity contribution in [1.29, 1.82) is 0 Å². The maximum absolute atomic E-state index is 14.2. The molecule has 1 atom stereocenters. The third-order valence-electron chi connectivity index (χ3n) is 6.85. The second-order valence-corrected chi connectivity index (χ2v) is 8.97.